The van der Waals surface area contributed by atoms with Crippen molar-refractivity contribution >= 4 is 40.5 Å². The predicted molar refractivity (Wildman–Crippen MR) is 88.9 cm³/mol. The molecule has 1 aliphatic rings. The van der Waals surface area contributed by atoms with Crippen molar-refractivity contribution in [2.24, 2.45) is 5.92 Å². The number of methoxy groups -OCH3 is 1. The Morgan fingerprint density at radius 3 is 2.67 bits per heavy atom. The van der Waals surface area contributed by atoms with Gasteiger partial charge in [-0.2, -0.15) is 0 Å². The topological polar surface area (TPSA) is 50.4 Å². The highest BCUT2D eigenvalue weighted by Gasteiger charge is 2.21. The molecular formula is C15H19ClN2O2S. The number of thiocarbonyl (C=S) groups is 1. The summed E-state index contributed by atoms with van der Waals surface area (Å²) < 4.78 is 5.09. The maximum absolute atomic E-state index is 12.1. The summed E-state index contributed by atoms with van der Waals surface area (Å²) in [7, 11) is 1.56. The van der Waals surface area contributed by atoms with Crippen LogP contribution in [-0.4, -0.2) is 18.1 Å². The molecule has 1 fully saturated rings. The molecule has 6 heteroatoms. The van der Waals surface area contributed by atoms with Crippen LogP contribution in [0.1, 0.15) is 32.1 Å². The van der Waals surface area contributed by atoms with Crippen molar-refractivity contribution in [2.45, 2.75) is 32.1 Å². The highest BCUT2D eigenvalue weighted by atomic mass is 35.5. The fourth-order valence-corrected chi connectivity index (χ4v) is 2.96. The number of hydrogen-bond acceptors (Lipinski definition) is 3. The Balaban J connectivity index is 1.89. The summed E-state index contributed by atoms with van der Waals surface area (Å²) in [6.07, 6.45) is 5.35. The number of anilines is 1. The molecule has 114 valence electrons. The Bertz CT molecular complexity index is 530. The van der Waals surface area contributed by atoms with E-state index >= 15 is 0 Å². The maximum atomic E-state index is 12.1. The lowest BCUT2D eigenvalue weighted by atomic mass is 9.89. The smallest absolute Gasteiger partial charge is 0.229 e. The molecule has 1 saturated carbocycles. The molecule has 2 N–H and O–H groups in total. The number of hydrogen-bond donors (Lipinski definition) is 2. The first kappa shape index (κ1) is 16.0. The van der Waals surface area contributed by atoms with Crippen LogP contribution in [0.15, 0.2) is 18.2 Å². The maximum Gasteiger partial charge on any atom is 0.229 e. The molecule has 0 atom stereocenters. The van der Waals surface area contributed by atoms with Crippen LogP contribution in [0.25, 0.3) is 0 Å². The van der Waals surface area contributed by atoms with Crippen LogP contribution in [-0.2, 0) is 4.79 Å². The molecule has 1 aliphatic carbocycles. The van der Waals surface area contributed by atoms with Crippen molar-refractivity contribution < 1.29 is 9.53 Å². The van der Waals surface area contributed by atoms with Crippen molar-refractivity contribution in [3.8, 4) is 5.75 Å². The first-order valence-corrected chi connectivity index (χ1v) is 7.84. The lowest BCUT2D eigenvalue weighted by Crippen LogP contribution is -2.38. The second-order valence-electron chi connectivity index (χ2n) is 5.13. The SMILES string of the molecule is COc1ccc(NC(=S)NC(=O)C2CCCCC2)cc1Cl. The zero-order chi connectivity index (χ0) is 15.2. The van der Waals surface area contributed by atoms with Gasteiger partial charge in [-0.3, -0.25) is 4.79 Å². The minimum Gasteiger partial charge on any atom is -0.495 e. The van der Waals surface area contributed by atoms with Crippen molar-refractivity contribution in [1.29, 1.82) is 0 Å². The Morgan fingerprint density at radius 2 is 2.05 bits per heavy atom. The van der Waals surface area contributed by atoms with Gasteiger partial charge in [-0.15, -0.1) is 0 Å². The molecular weight excluding hydrogens is 308 g/mol. The van der Waals surface area contributed by atoms with E-state index in [1.54, 1.807) is 25.3 Å². The van der Waals surface area contributed by atoms with Crippen molar-refractivity contribution in [3.05, 3.63) is 23.2 Å². The van der Waals surface area contributed by atoms with Gasteiger partial charge in [0.2, 0.25) is 5.91 Å². The highest BCUT2D eigenvalue weighted by Crippen LogP contribution is 2.27. The quantitative estimate of drug-likeness (QED) is 0.831. The molecule has 21 heavy (non-hydrogen) atoms. The average Bonchev–Trinajstić information content (AvgIpc) is 2.48. The normalized spacial score (nSPS) is 15.3. The van der Waals surface area contributed by atoms with E-state index in [4.69, 9.17) is 28.6 Å². The largest absolute Gasteiger partial charge is 0.495 e. The van der Waals surface area contributed by atoms with Gasteiger partial charge in [-0.05, 0) is 43.3 Å². The molecule has 4 nitrogen and oxygen atoms in total. The molecule has 2 rings (SSSR count). The van der Waals surface area contributed by atoms with Gasteiger partial charge in [0, 0.05) is 11.6 Å². The molecule has 0 aromatic heterocycles. The molecule has 0 aliphatic heterocycles. The van der Waals surface area contributed by atoms with Crippen LogP contribution < -0.4 is 15.4 Å². The summed E-state index contributed by atoms with van der Waals surface area (Å²) in [5.74, 6) is 0.684. The third-order valence-electron chi connectivity index (χ3n) is 3.62. The number of nitrogens with one attached hydrogen (secondary N) is 2. The number of amides is 1. The van der Waals surface area contributed by atoms with E-state index in [-0.39, 0.29) is 11.8 Å². The summed E-state index contributed by atoms with van der Waals surface area (Å²) >= 11 is 11.2. The van der Waals surface area contributed by atoms with E-state index in [1.807, 2.05) is 0 Å². The molecule has 0 spiro atoms. The van der Waals surface area contributed by atoms with E-state index < -0.39 is 0 Å². The van der Waals surface area contributed by atoms with Crippen LogP contribution in [0.5, 0.6) is 5.75 Å². The second-order valence-corrected chi connectivity index (χ2v) is 5.94. The third-order valence-corrected chi connectivity index (χ3v) is 4.12. The van der Waals surface area contributed by atoms with Crippen LogP contribution in [0.4, 0.5) is 5.69 Å². The zero-order valence-corrected chi connectivity index (χ0v) is 13.5. The number of carbonyl (C=O) groups is 1. The summed E-state index contributed by atoms with van der Waals surface area (Å²) in [5, 5.41) is 6.50. The van der Waals surface area contributed by atoms with E-state index in [9.17, 15) is 4.79 Å². The van der Waals surface area contributed by atoms with Crippen molar-refractivity contribution in [2.75, 3.05) is 12.4 Å². The summed E-state index contributed by atoms with van der Waals surface area (Å²) in [6, 6.07) is 5.25. The standard InChI is InChI=1S/C15H19ClN2O2S/c1-20-13-8-7-11(9-12(13)16)17-15(21)18-14(19)10-5-3-2-4-6-10/h7-10H,2-6H2,1H3,(H2,17,18,19,21). The fourth-order valence-electron chi connectivity index (χ4n) is 2.49. The van der Waals surface area contributed by atoms with Crippen molar-refractivity contribution in [1.82, 2.24) is 5.32 Å². The molecule has 1 aromatic carbocycles. The predicted octanol–water partition coefficient (Wildman–Crippen LogP) is 3.74. The Labute approximate surface area is 135 Å². The van der Waals surface area contributed by atoms with Gasteiger partial charge in [0.25, 0.3) is 0 Å². The third kappa shape index (κ3) is 4.58. The Kier molecular flexibility index (Phi) is 5.82. The molecule has 0 radical (unpaired) electrons. The Hall–Kier alpha value is -1.33. The molecule has 0 heterocycles. The zero-order valence-electron chi connectivity index (χ0n) is 11.9. The summed E-state index contributed by atoms with van der Waals surface area (Å²) in [6.45, 7) is 0. The van der Waals surface area contributed by atoms with E-state index in [0.717, 1.165) is 31.4 Å². The van der Waals surface area contributed by atoms with Gasteiger partial charge >= 0.3 is 0 Å². The molecule has 0 saturated heterocycles. The number of benzene rings is 1. The number of rotatable bonds is 3. The van der Waals surface area contributed by atoms with Gasteiger partial charge in [0.15, 0.2) is 5.11 Å². The summed E-state index contributed by atoms with van der Waals surface area (Å²) in [5.41, 5.74) is 0.717. The minimum atomic E-state index is 0.00630. The average molecular weight is 327 g/mol. The van der Waals surface area contributed by atoms with E-state index in [2.05, 4.69) is 10.6 Å². The first-order chi connectivity index (χ1) is 10.1. The number of halogens is 1. The molecule has 1 amide bonds. The van der Waals surface area contributed by atoms with Crippen LogP contribution in [0, 0.1) is 5.92 Å². The van der Waals surface area contributed by atoms with Gasteiger partial charge in [-0.1, -0.05) is 30.9 Å². The van der Waals surface area contributed by atoms with Gasteiger partial charge in [0.05, 0.1) is 12.1 Å². The van der Waals surface area contributed by atoms with Crippen LogP contribution >= 0.6 is 23.8 Å². The van der Waals surface area contributed by atoms with Gasteiger partial charge < -0.3 is 15.4 Å². The van der Waals surface area contributed by atoms with Crippen molar-refractivity contribution in [3.63, 3.8) is 0 Å². The molecule has 0 bridgehead atoms. The van der Waals surface area contributed by atoms with Crippen LogP contribution in [0.2, 0.25) is 5.02 Å². The van der Waals surface area contributed by atoms with E-state index in [0.29, 0.717) is 15.9 Å². The number of ether oxygens (including phenoxy) is 1. The first-order valence-electron chi connectivity index (χ1n) is 7.05. The Morgan fingerprint density at radius 1 is 1.33 bits per heavy atom. The highest BCUT2D eigenvalue weighted by molar-refractivity contribution is 7.80. The summed E-state index contributed by atoms with van der Waals surface area (Å²) in [4.78, 5) is 12.1. The fraction of sp³-hybridized carbons (Fsp3) is 0.467. The lowest BCUT2D eigenvalue weighted by molar-refractivity contribution is -0.124. The van der Waals surface area contributed by atoms with Gasteiger partial charge in [0.1, 0.15) is 5.75 Å². The molecule has 1 aromatic rings. The minimum absolute atomic E-state index is 0.00630. The lowest BCUT2D eigenvalue weighted by Gasteiger charge is -2.21. The molecule has 0 unspecified atom stereocenters. The monoisotopic (exact) mass is 326 g/mol. The second kappa shape index (κ2) is 7.61. The van der Waals surface area contributed by atoms with Crippen LogP contribution in [0.3, 0.4) is 0 Å². The van der Waals surface area contributed by atoms with E-state index in [1.165, 1.54) is 6.42 Å². The van der Waals surface area contributed by atoms with Gasteiger partial charge in [-0.25, -0.2) is 0 Å². The number of carbonyl (C=O) groups excluding carboxylic acids is 1.